The number of unbranched alkanes of at least 4 members (excludes halogenated alkanes) is 1. The molecule has 1 aromatic heterocycles. The minimum absolute atomic E-state index is 0.0161. The Morgan fingerprint density at radius 2 is 1.90 bits per heavy atom. The summed E-state index contributed by atoms with van der Waals surface area (Å²) < 4.78 is 27.0. The summed E-state index contributed by atoms with van der Waals surface area (Å²) in [5.74, 6) is -0.0718. The van der Waals surface area contributed by atoms with E-state index in [-0.39, 0.29) is 27.9 Å². The molecule has 1 aromatic rings. The van der Waals surface area contributed by atoms with Crippen LogP contribution in [-0.2, 0) is 14.8 Å². The van der Waals surface area contributed by atoms with Crippen molar-refractivity contribution in [1.29, 1.82) is 0 Å². The maximum Gasteiger partial charge on any atom is 0.246 e. The van der Waals surface area contributed by atoms with Gasteiger partial charge in [0.25, 0.3) is 0 Å². The van der Waals surface area contributed by atoms with Crippen molar-refractivity contribution in [3.05, 3.63) is 23.5 Å². The molecule has 0 spiro atoms. The zero-order chi connectivity index (χ0) is 20.9. The molecule has 2 saturated heterocycles. The van der Waals surface area contributed by atoms with Gasteiger partial charge in [-0.05, 0) is 50.8 Å². The van der Waals surface area contributed by atoms with Crippen molar-refractivity contribution < 1.29 is 13.2 Å². The lowest BCUT2D eigenvalue weighted by molar-refractivity contribution is -0.127. The minimum atomic E-state index is -3.68. The average molecular weight is 443 g/mol. The molecule has 0 bridgehead atoms. The molecular weight excluding hydrogens is 412 g/mol. The quantitative estimate of drug-likeness (QED) is 0.656. The van der Waals surface area contributed by atoms with E-state index in [4.69, 9.17) is 11.6 Å². The molecule has 2 aliphatic heterocycles. The number of nitrogens with one attached hydrogen (secondary N) is 1. The smallest absolute Gasteiger partial charge is 0.246 e. The lowest BCUT2D eigenvalue weighted by atomic mass is 9.96. The van der Waals surface area contributed by atoms with E-state index in [9.17, 15) is 13.2 Å². The Hall–Kier alpha value is -1.22. The van der Waals surface area contributed by atoms with Crippen LogP contribution in [0.3, 0.4) is 0 Å². The van der Waals surface area contributed by atoms with Crippen molar-refractivity contribution in [3.63, 3.8) is 0 Å². The highest BCUT2D eigenvalue weighted by atomic mass is 35.5. The lowest BCUT2D eigenvalue weighted by Crippen LogP contribution is -2.48. The average Bonchev–Trinajstić information content (AvgIpc) is 2.73. The SMILES string of the molecule is CCCCN1CCC(NC(=O)C2CCN(S(=O)(=O)c3cccnc3Cl)CC2)CC1. The van der Waals surface area contributed by atoms with Crippen LogP contribution in [0.4, 0.5) is 0 Å². The summed E-state index contributed by atoms with van der Waals surface area (Å²) in [7, 11) is -3.68. The highest BCUT2D eigenvalue weighted by molar-refractivity contribution is 7.89. The topological polar surface area (TPSA) is 82.6 Å². The zero-order valence-corrected chi connectivity index (χ0v) is 18.6. The number of carbonyl (C=O) groups is 1. The summed E-state index contributed by atoms with van der Waals surface area (Å²) in [6, 6.07) is 3.26. The summed E-state index contributed by atoms with van der Waals surface area (Å²) in [6.45, 7) is 6.06. The monoisotopic (exact) mass is 442 g/mol. The molecule has 0 atom stereocenters. The van der Waals surface area contributed by atoms with Crippen LogP contribution >= 0.6 is 11.6 Å². The van der Waals surface area contributed by atoms with Gasteiger partial charge < -0.3 is 10.2 Å². The molecule has 0 saturated carbocycles. The summed E-state index contributed by atoms with van der Waals surface area (Å²) in [5.41, 5.74) is 0. The van der Waals surface area contributed by atoms with Gasteiger partial charge in [0.05, 0.1) is 0 Å². The number of sulfonamides is 1. The molecule has 1 amide bonds. The number of aromatic nitrogens is 1. The van der Waals surface area contributed by atoms with Crippen LogP contribution in [0.1, 0.15) is 45.4 Å². The Kier molecular flexibility index (Phi) is 7.90. The van der Waals surface area contributed by atoms with Gasteiger partial charge in [-0.3, -0.25) is 4.79 Å². The summed E-state index contributed by atoms with van der Waals surface area (Å²) in [5, 5.41) is 3.18. The number of amides is 1. The molecule has 1 N–H and O–H groups in total. The van der Waals surface area contributed by atoms with Crippen molar-refractivity contribution in [2.45, 2.75) is 56.4 Å². The van der Waals surface area contributed by atoms with Crippen LogP contribution in [0.5, 0.6) is 0 Å². The van der Waals surface area contributed by atoms with Gasteiger partial charge >= 0.3 is 0 Å². The third-order valence-electron chi connectivity index (χ3n) is 5.93. The van der Waals surface area contributed by atoms with E-state index in [2.05, 4.69) is 22.1 Å². The number of rotatable bonds is 7. The van der Waals surface area contributed by atoms with E-state index in [0.29, 0.717) is 25.9 Å². The number of carbonyl (C=O) groups excluding carboxylic acids is 1. The van der Waals surface area contributed by atoms with Gasteiger partial charge in [0, 0.05) is 44.3 Å². The van der Waals surface area contributed by atoms with Gasteiger partial charge in [0.1, 0.15) is 10.0 Å². The maximum absolute atomic E-state index is 12.8. The predicted octanol–water partition coefficient (Wildman–Crippen LogP) is 2.52. The number of piperidine rings is 2. The molecule has 9 heteroatoms. The maximum atomic E-state index is 12.8. The summed E-state index contributed by atoms with van der Waals surface area (Å²) in [6.07, 6.45) is 6.92. The summed E-state index contributed by atoms with van der Waals surface area (Å²) in [4.78, 5) is 19.0. The normalized spacial score (nSPS) is 20.6. The Morgan fingerprint density at radius 1 is 1.21 bits per heavy atom. The number of hydrogen-bond acceptors (Lipinski definition) is 5. The third kappa shape index (κ3) is 5.69. The molecule has 3 heterocycles. The van der Waals surface area contributed by atoms with Crippen LogP contribution in [-0.4, -0.2) is 67.3 Å². The van der Waals surface area contributed by atoms with E-state index in [1.54, 1.807) is 6.07 Å². The molecule has 29 heavy (non-hydrogen) atoms. The van der Waals surface area contributed by atoms with Crippen molar-refractivity contribution in [3.8, 4) is 0 Å². The second-order valence-corrected chi connectivity index (χ2v) is 10.2. The lowest BCUT2D eigenvalue weighted by Gasteiger charge is -2.34. The molecule has 0 radical (unpaired) electrons. The van der Waals surface area contributed by atoms with Crippen LogP contribution in [0.2, 0.25) is 5.15 Å². The van der Waals surface area contributed by atoms with Crippen molar-refractivity contribution in [2.24, 2.45) is 5.92 Å². The van der Waals surface area contributed by atoms with Crippen molar-refractivity contribution in [2.75, 3.05) is 32.7 Å². The Bertz CT molecular complexity index is 789. The molecular formula is C20H31ClN4O3S. The molecule has 3 rings (SSSR count). The highest BCUT2D eigenvalue weighted by Crippen LogP contribution is 2.27. The second kappa shape index (κ2) is 10.2. The molecule has 0 aromatic carbocycles. The molecule has 2 aliphatic rings. The van der Waals surface area contributed by atoms with Crippen molar-refractivity contribution >= 4 is 27.5 Å². The van der Waals surface area contributed by atoms with Gasteiger partial charge in [-0.25, -0.2) is 13.4 Å². The van der Waals surface area contributed by atoms with Crippen molar-refractivity contribution in [1.82, 2.24) is 19.5 Å². The van der Waals surface area contributed by atoms with E-state index in [0.717, 1.165) is 32.5 Å². The Morgan fingerprint density at radius 3 is 2.52 bits per heavy atom. The second-order valence-electron chi connectivity index (χ2n) is 7.95. The largest absolute Gasteiger partial charge is 0.353 e. The fourth-order valence-electron chi connectivity index (χ4n) is 4.06. The molecule has 0 aliphatic carbocycles. The van der Waals surface area contributed by atoms with Gasteiger partial charge in [-0.2, -0.15) is 4.31 Å². The standard InChI is InChI=1S/C20H31ClN4O3S/c1-2-3-11-24-12-8-17(9-13-24)23-20(26)16-6-14-25(15-7-16)29(27,28)18-5-4-10-22-19(18)21/h4-5,10,16-17H,2-3,6-9,11-15H2,1H3,(H,23,26). The number of halogens is 1. The Labute approximate surface area is 178 Å². The predicted molar refractivity (Wildman–Crippen MR) is 113 cm³/mol. The fraction of sp³-hybridized carbons (Fsp3) is 0.700. The van der Waals surface area contributed by atoms with Gasteiger partial charge in [0.2, 0.25) is 15.9 Å². The highest BCUT2D eigenvalue weighted by Gasteiger charge is 2.34. The minimum Gasteiger partial charge on any atom is -0.353 e. The fourth-order valence-corrected chi connectivity index (χ4v) is 5.96. The van der Waals surface area contributed by atoms with Gasteiger partial charge in [0.15, 0.2) is 0 Å². The van der Waals surface area contributed by atoms with E-state index >= 15 is 0 Å². The summed E-state index contributed by atoms with van der Waals surface area (Å²) >= 11 is 5.97. The molecule has 2 fully saturated rings. The van der Waals surface area contributed by atoms with Gasteiger partial charge in [-0.1, -0.05) is 24.9 Å². The van der Waals surface area contributed by atoms with E-state index in [1.165, 1.54) is 29.4 Å². The first-order chi connectivity index (χ1) is 13.9. The number of likely N-dealkylation sites (tertiary alicyclic amines) is 1. The Balaban J connectivity index is 1.47. The first-order valence-corrected chi connectivity index (χ1v) is 12.4. The number of nitrogens with zero attached hydrogens (tertiary/aromatic N) is 3. The third-order valence-corrected chi connectivity index (χ3v) is 8.27. The van der Waals surface area contributed by atoms with Crippen LogP contribution < -0.4 is 5.32 Å². The van der Waals surface area contributed by atoms with E-state index in [1.807, 2.05) is 0 Å². The molecule has 162 valence electrons. The zero-order valence-electron chi connectivity index (χ0n) is 17.0. The number of pyridine rings is 1. The van der Waals surface area contributed by atoms with Gasteiger partial charge in [-0.15, -0.1) is 0 Å². The molecule has 0 unspecified atom stereocenters. The first-order valence-electron chi connectivity index (χ1n) is 10.5. The van der Waals surface area contributed by atoms with Crippen LogP contribution in [0.15, 0.2) is 23.2 Å². The number of hydrogen-bond donors (Lipinski definition) is 1. The van der Waals surface area contributed by atoms with Crippen LogP contribution in [0.25, 0.3) is 0 Å². The van der Waals surface area contributed by atoms with Crippen LogP contribution in [0, 0.1) is 5.92 Å². The first kappa shape index (κ1) is 22.5. The van der Waals surface area contributed by atoms with E-state index < -0.39 is 10.0 Å². The molecule has 7 nitrogen and oxygen atoms in total.